The van der Waals surface area contributed by atoms with Gasteiger partial charge in [0.05, 0.1) is 11.1 Å². The van der Waals surface area contributed by atoms with Crippen molar-refractivity contribution >= 4 is 29.1 Å². The number of fused-ring (bicyclic) bond motifs is 1. The number of pyridine rings is 1. The molecule has 9 heteroatoms. The first kappa shape index (κ1) is 21.7. The topological polar surface area (TPSA) is 85.3 Å². The number of halogens is 3. The van der Waals surface area contributed by atoms with E-state index in [1.807, 2.05) is 12.1 Å². The summed E-state index contributed by atoms with van der Waals surface area (Å²) in [6, 6.07) is 11.6. The number of carbonyl (C=O) groups excluding carboxylic acids is 1. The summed E-state index contributed by atoms with van der Waals surface area (Å²) in [4.78, 5) is 16.7. The Bertz CT molecular complexity index is 1300. The SMILES string of the molecule is Cc1cc(F)c(-c2ccn3nc(N)nc3c2)c(F)c1C(=O)NCCCc1ccc(Cl)cc1. The Kier molecular flexibility index (Phi) is 6.05. The molecule has 164 valence electrons. The zero-order chi connectivity index (χ0) is 22.8. The molecule has 0 atom stereocenters. The lowest BCUT2D eigenvalue weighted by Gasteiger charge is -2.13. The number of aromatic nitrogens is 3. The zero-order valence-corrected chi connectivity index (χ0v) is 18.0. The van der Waals surface area contributed by atoms with Crippen molar-refractivity contribution < 1.29 is 13.6 Å². The number of nitrogens with two attached hydrogens (primary N) is 1. The third kappa shape index (κ3) is 4.40. The van der Waals surface area contributed by atoms with E-state index in [4.69, 9.17) is 17.3 Å². The lowest BCUT2D eigenvalue weighted by molar-refractivity contribution is 0.0948. The van der Waals surface area contributed by atoms with Crippen molar-refractivity contribution in [2.45, 2.75) is 19.8 Å². The molecule has 1 amide bonds. The van der Waals surface area contributed by atoms with Crippen LogP contribution in [0.4, 0.5) is 14.7 Å². The number of amides is 1. The summed E-state index contributed by atoms with van der Waals surface area (Å²) in [5.74, 6) is -2.23. The first-order valence-electron chi connectivity index (χ1n) is 9.97. The fraction of sp³-hybridized carbons (Fsp3) is 0.174. The van der Waals surface area contributed by atoms with Gasteiger partial charge >= 0.3 is 0 Å². The number of benzene rings is 2. The van der Waals surface area contributed by atoms with E-state index in [1.165, 1.54) is 29.8 Å². The maximum absolute atomic E-state index is 15.4. The number of anilines is 1. The quantitative estimate of drug-likeness (QED) is 0.417. The van der Waals surface area contributed by atoms with Crippen LogP contribution in [0.2, 0.25) is 5.02 Å². The van der Waals surface area contributed by atoms with E-state index >= 15 is 4.39 Å². The van der Waals surface area contributed by atoms with E-state index in [0.717, 1.165) is 18.1 Å². The minimum absolute atomic E-state index is 0.0469. The number of hydrogen-bond donors (Lipinski definition) is 2. The standard InChI is InChI=1S/C23H20ClF2N5O/c1-13-11-17(25)20(15-8-10-31-18(12-15)29-23(27)30-31)21(26)19(13)22(32)28-9-2-3-14-4-6-16(24)7-5-14/h4-8,10-12H,2-3,9H2,1H3,(H2,27,30)(H,28,32). The number of hydrogen-bond acceptors (Lipinski definition) is 4. The fourth-order valence-corrected chi connectivity index (χ4v) is 3.69. The summed E-state index contributed by atoms with van der Waals surface area (Å²) in [5.41, 5.74) is 6.96. The number of rotatable bonds is 6. The third-order valence-corrected chi connectivity index (χ3v) is 5.38. The maximum atomic E-state index is 15.4. The second-order valence-corrected chi connectivity index (χ2v) is 7.85. The monoisotopic (exact) mass is 455 g/mol. The predicted octanol–water partition coefficient (Wildman–Crippen LogP) is 4.58. The van der Waals surface area contributed by atoms with Crippen molar-refractivity contribution in [2.24, 2.45) is 0 Å². The van der Waals surface area contributed by atoms with Crippen molar-refractivity contribution in [2.75, 3.05) is 12.3 Å². The van der Waals surface area contributed by atoms with Crippen molar-refractivity contribution in [1.29, 1.82) is 0 Å². The molecule has 0 spiro atoms. The molecule has 0 aliphatic rings. The number of carbonyl (C=O) groups is 1. The molecule has 4 aromatic rings. The number of nitrogen functional groups attached to an aromatic ring is 1. The molecule has 6 nitrogen and oxygen atoms in total. The Balaban J connectivity index is 1.54. The van der Waals surface area contributed by atoms with Gasteiger partial charge in [-0.25, -0.2) is 13.3 Å². The molecule has 32 heavy (non-hydrogen) atoms. The largest absolute Gasteiger partial charge is 0.366 e. The van der Waals surface area contributed by atoms with Crippen LogP contribution in [0.25, 0.3) is 16.8 Å². The zero-order valence-electron chi connectivity index (χ0n) is 17.2. The molecule has 0 saturated carbocycles. The molecule has 0 bridgehead atoms. The normalized spacial score (nSPS) is 11.1. The van der Waals surface area contributed by atoms with Gasteiger partial charge in [0.15, 0.2) is 5.65 Å². The van der Waals surface area contributed by atoms with Gasteiger partial charge < -0.3 is 11.1 Å². The van der Waals surface area contributed by atoms with Crippen molar-refractivity contribution in [3.63, 3.8) is 0 Å². The molecule has 4 rings (SSSR count). The van der Waals surface area contributed by atoms with E-state index in [1.54, 1.807) is 12.1 Å². The number of nitrogens with zero attached hydrogens (tertiary/aromatic N) is 3. The van der Waals surface area contributed by atoms with Crippen molar-refractivity contribution in [1.82, 2.24) is 19.9 Å². The van der Waals surface area contributed by atoms with Crippen LogP contribution in [0.5, 0.6) is 0 Å². The van der Waals surface area contributed by atoms with E-state index < -0.39 is 17.5 Å². The average Bonchev–Trinajstić information content (AvgIpc) is 3.11. The van der Waals surface area contributed by atoms with Gasteiger partial charge in [-0.05, 0) is 66.8 Å². The Hall–Kier alpha value is -3.52. The molecular formula is C23H20ClF2N5O. The van der Waals surface area contributed by atoms with Crippen LogP contribution in [-0.2, 0) is 6.42 Å². The molecule has 0 radical (unpaired) electrons. The summed E-state index contributed by atoms with van der Waals surface area (Å²) in [5, 5.41) is 7.33. The van der Waals surface area contributed by atoms with E-state index in [9.17, 15) is 9.18 Å². The highest BCUT2D eigenvalue weighted by atomic mass is 35.5. The van der Waals surface area contributed by atoms with Crippen LogP contribution in [0.1, 0.15) is 27.9 Å². The highest BCUT2D eigenvalue weighted by molar-refractivity contribution is 6.30. The number of nitrogens with one attached hydrogen (secondary N) is 1. The summed E-state index contributed by atoms with van der Waals surface area (Å²) in [6.45, 7) is 1.85. The average molecular weight is 456 g/mol. The molecule has 0 fully saturated rings. The van der Waals surface area contributed by atoms with Gasteiger partial charge in [0.2, 0.25) is 5.95 Å². The first-order chi connectivity index (χ1) is 15.3. The van der Waals surface area contributed by atoms with Gasteiger partial charge in [-0.15, -0.1) is 5.10 Å². The van der Waals surface area contributed by atoms with Gasteiger partial charge in [-0.3, -0.25) is 4.79 Å². The van der Waals surface area contributed by atoms with Gasteiger partial charge in [-0.1, -0.05) is 23.7 Å². The van der Waals surface area contributed by atoms with Crippen LogP contribution in [0.3, 0.4) is 0 Å². The molecule has 2 heterocycles. The lowest BCUT2D eigenvalue weighted by Crippen LogP contribution is -2.27. The molecule has 0 aliphatic carbocycles. The second-order valence-electron chi connectivity index (χ2n) is 7.41. The Morgan fingerprint density at radius 3 is 2.69 bits per heavy atom. The van der Waals surface area contributed by atoms with Crippen LogP contribution < -0.4 is 11.1 Å². The van der Waals surface area contributed by atoms with Gasteiger partial charge in [-0.2, -0.15) is 4.98 Å². The summed E-state index contributed by atoms with van der Waals surface area (Å²) in [6.07, 6.45) is 2.89. The smallest absolute Gasteiger partial charge is 0.254 e. The summed E-state index contributed by atoms with van der Waals surface area (Å²) < 4.78 is 31.5. The Morgan fingerprint density at radius 1 is 1.19 bits per heavy atom. The van der Waals surface area contributed by atoms with E-state index in [0.29, 0.717) is 23.6 Å². The molecule has 2 aromatic carbocycles. The van der Waals surface area contributed by atoms with Crippen LogP contribution in [0.15, 0.2) is 48.7 Å². The van der Waals surface area contributed by atoms with Gasteiger partial charge in [0.1, 0.15) is 11.6 Å². The third-order valence-electron chi connectivity index (χ3n) is 5.13. The lowest BCUT2D eigenvalue weighted by atomic mass is 9.97. The van der Waals surface area contributed by atoms with Crippen molar-refractivity contribution in [3.05, 3.63) is 82.0 Å². The summed E-state index contributed by atoms with van der Waals surface area (Å²) >= 11 is 5.88. The minimum atomic E-state index is -0.922. The fourth-order valence-electron chi connectivity index (χ4n) is 3.57. The second kappa shape index (κ2) is 8.92. The van der Waals surface area contributed by atoms with Crippen LogP contribution in [0, 0.1) is 18.6 Å². The van der Waals surface area contributed by atoms with Gasteiger partial charge in [0, 0.05) is 17.8 Å². The molecule has 2 aromatic heterocycles. The predicted molar refractivity (Wildman–Crippen MR) is 120 cm³/mol. The first-order valence-corrected chi connectivity index (χ1v) is 10.3. The maximum Gasteiger partial charge on any atom is 0.254 e. The Morgan fingerprint density at radius 2 is 1.94 bits per heavy atom. The molecule has 0 unspecified atom stereocenters. The van der Waals surface area contributed by atoms with Crippen molar-refractivity contribution in [3.8, 4) is 11.1 Å². The minimum Gasteiger partial charge on any atom is -0.366 e. The van der Waals surface area contributed by atoms with Crippen LogP contribution in [-0.4, -0.2) is 27.0 Å². The number of aryl methyl sites for hydroxylation is 2. The molecular weight excluding hydrogens is 436 g/mol. The summed E-state index contributed by atoms with van der Waals surface area (Å²) in [7, 11) is 0. The van der Waals surface area contributed by atoms with Gasteiger partial charge in [0.25, 0.3) is 5.91 Å². The highest BCUT2D eigenvalue weighted by Gasteiger charge is 2.23. The van der Waals surface area contributed by atoms with Crippen LogP contribution >= 0.6 is 11.6 Å². The molecule has 3 N–H and O–H groups in total. The Labute approximate surface area is 188 Å². The highest BCUT2D eigenvalue weighted by Crippen LogP contribution is 2.31. The van der Waals surface area contributed by atoms with E-state index in [-0.39, 0.29) is 28.2 Å². The molecule has 0 aliphatic heterocycles. The molecule has 0 saturated heterocycles. The van der Waals surface area contributed by atoms with E-state index in [2.05, 4.69) is 15.4 Å².